The minimum Gasteiger partial charge on any atom is -0.477 e. The zero-order chi connectivity index (χ0) is 28.0. The van der Waals surface area contributed by atoms with E-state index in [0.29, 0.717) is 22.8 Å². The lowest BCUT2D eigenvalue weighted by atomic mass is 10.0. The van der Waals surface area contributed by atoms with Gasteiger partial charge < -0.3 is 25.3 Å². The third-order valence-electron chi connectivity index (χ3n) is 4.91. The molecule has 0 spiro atoms. The maximum atomic E-state index is 13.2. The number of carboxylic acids is 1. The fourth-order valence-corrected chi connectivity index (χ4v) is 5.92. The highest BCUT2D eigenvalue weighted by Crippen LogP contribution is 2.43. The molecular formula is C23H27N5O8S2. The number of carbonyl (C=O) groups is 5. The molecule has 1 aromatic heterocycles. The molecule has 1 aromatic rings. The van der Waals surface area contributed by atoms with E-state index in [1.807, 2.05) is 6.92 Å². The Morgan fingerprint density at radius 1 is 1.34 bits per heavy atom. The molecule has 1 unspecified atom stereocenters. The SMILES string of the molecule is CCSC1=C(C(=O)O)N2C(=O)C(NC(=O)/C(=N/OCC(=O)OC(C)(C)C)c3cccc(NC=O)n3)[C@H]2SC1. The Morgan fingerprint density at radius 3 is 2.71 bits per heavy atom. The number of fused-ring (bicyclic) bond motifs is 1. The number of esters is 1. The second-order valence-electron chi connectivity index (χ2n) is 8.84. The molecule has 204 valence electrons. The summed E-state index contributed by atoms with van der Waals surface area (Å²) in [6, 6.07) is 3.39. The van der Waals surface area contributed by atoms with Crippen LogP contribution in [0, 0.1) is 0 Å². The lowest BCUT2D eigenvalue weighted by Crippen LogP contribution is -2.71. The van der Waals surface area contributed by atoms with E-state index in [0.717, 1.165) is 0 Å². The van der Waals surface area contributed by atoms with Crippen LogP contribution in [0.1, 0.15) is 33.4 Å². The molecule has 15 heteroatoms. The van der Waals surface area contributed by atoms with Crippen LogP contribution in [0.5, 0.6) is 0 Å². The molecule has 0 bridgehead atoms. The van der Waals surface area contributed by atoms with Gasteiger partial charge in [-0.2, -0.15) is 0 Å². The average Bonchev–Trinajstić information content (AvgIpc) is 2.84. The van der Waals surface area contributed by atoms with E-state index in [9.17, 15) is 29.1 Å². The zero-order valence-corrected chi connectivity index (χ0v) is 22.7. The van der Waals surface area contributed by atoms with Crippen molar-refractivity contribution in [3.05, 3.63) is 34.5 Å². The molecule has 1 fully saturated rings. The summed E-state index contributed by atoms with van der Waals surface area (Å²) in [6.45, 7) is 6.33. The molecule has 2 aliphatic heterocycles. The molecule has 0 radical (unpaired) electrons. The number of pyridine rings is 1. The van der Waals surface area contributed by atoms with E-state index in [1.54, 1.807) is 20.8 Å². The number of carboxylic acid groups (broad SMARTS) is 1. The smallest absolute Gasteiger partial charge is 0.353 e. The number of rotatable bonds is 11. The van der Waals surface area contributed by atoms with Crippen LogP contribution >= 0.6 is 23.5 Å². The minimum absolute atomic E-state index is 0.00813. The van der Waals surface area contributed by atoms with Crippen LogP contribution in [-0.4, -0.2) is 86.0 Å². The van der Waals surface area contributed by atoms with E-state index in [2.05, 4.69) is 20.8 Å². The van der Waals surface area contributed by atoms with Gasteiger partial charge in [0, 0.05) is 10.7 Å². The van der Waals surface area contributed by atoms with Crippen molar-refractivity contribution in [2.24, 2.45) is 5.16 Å². The molecule has 3 N–H and O–H groups in total. The quantitative estimate of drug-likeness (QED) is 0.115. The van der Waals surface area contributed by atoms with Gasteiger partial charge in [0.1, 0.15) is 34.2 Å². The second kappa shape index (κ2) is 12.3. The van der Waals surface area contributed by atoms with Crippen LogP contribution in [0.2, 0.25) is 0 Å². The first-order valence-corrected chi connectivity index (χ1v) is 13.4. The van der Waals surface area contributed by atoms with Crippen LogP contribution in [0.15, 0.2) is 34.0 Å². The normalized spacial score (nSPS) is 19.2. The highest BCUT2D eigenvalue weighted by atomic mass is 32.2. The van der Waals surface area contributed by atoms with Gasteiger partial charge in [-0.15, -0.1) is 23.5 Å². The predicted molar refractivity (Wildman–Crippen MR) is 140 cm³/mol. The van der Waals surface area contributed by atoms with Crippen LogP contribution in [0.3, 0.4) is 0 Å². The number of amides is 3. The second-order valence-corrected chi connectivity index (χ2v) is 11.3. The van der Waals surface area contributed by atoms with E-state index < -0.39 is 47.4 Å². The summed E-state index contributed by atoms with van der Waals surface area (Å²) < 4.78 is 5.15. The Labute approximate surface area is 226 Å². The molecule has 3 rings (SSSR count). The Bertz CT molecular complexity index is 1200. The van der Waals surface area contributed by atoms with Gasteiger partial charge in [-0.3, -0.25) is 19.3 Å². The van der Waals surface area contributed by atoms with Crippen molar-refractivity contribution in [1.29, 1.82) is 0 Å². The van der Waals surface area contributed by atoms with Gasteiger partial charge in [-0.1, -0.05) is 18.1 Å². The number of nitrogens with one attached hydrogen (secondary N) is 2. The topological polar surface area (TPSA) is 177 Å². The van der Waals surface area contributed by atoms with Gasteiger partial charge in [0.2, 0.25) is 13.0 Å². The Hall–Kier alpha value is -3.59. The monoisotopic (exact) mass is 565 g/mol. The lowest BCUT2D eigenvalue weighted by Gasteiger charge is -2.49. The molecule has 2 atom stereocenters. The fraction of sp³-hybridized carbons (Fsp3) is 0.435. The Morgan fingerprint density at radius 2 is 2.08 bits per heavy atom. The predicted octanol–water partition coefficient (Wildman–Crippen LogP) is 1.16. The minimum atomic E-state index is -1.22. The van der Waals surface area contributed by atoms with E-state index in [-0.39, 0.29) is 22.9 Å². The first-order chi connectivity index (χ1) is 18.0. The van der Waals surface area contributed by atoms with E-state index in [1.165, 1.54) is 46.6 Å². The maximum Gasteiger partial charge on any atom is 0.353 e. The standard InChI is InChI=1S/C23H27N5O8S2/c1-5-37-13-10-38-21-17(20(32)28(21)18(13)22(33)34)26-19(31)16(12-7-6-8-14(25-12)24-11-29)27-35-9-15(30)36-23(2,3)4/h6-8,11,17,21H,5,9-10H2,1-4H3,(H,26,31)(H,33,34)(H,24,25,29)/b27-16+/t17?,21-/m1/s1. The number of carbonyl (C=O) groups excluding carboxylic acids is 4. The van der Waals surface area contributed by atoms with Gasteiger partial charge >= 0.3 is 11.9 Å². The summed E-state index contributed by atoms with van der Waals surface area (Å²) in [5.41, 5.74) is -1.22. The zero-order valence-electron chi connectivity index (χ0n) is 21.0. The van der Waals surface area contributed by atoms with Crippen molar-refractivity contribution in [2.45, 2.75) is 44.7 Å². The third-order valence-corrected chi connectivity index (χ3v) is 7.35. The molecule has 3 amide bonds. The maximum absolute atomic E-state index is 13.2. The van der Waals surface area contributed by atoms with E-state index >= 15 is 0 Å². The number of nitrogens with zero attached hydrogens (tertiary/aromatic N) is 3. The van der Waals surface area contributed by atoms with Gasteiger partial charge in [0.25, 0.3) is 11.8 Å². The first-order valence-electron chi connectivity index (χ1n) is 11.4. The van der Waals surface area contributed by atoms with Gasteiger partial charge in [0.05, 0.1) is 0 Å². The number of hydrogen-bond acceptors (Lipinski definition) is 11. The Balaban J connectivity index is 1.82. The van der Waals surface area contributed by atoms with Crippen LogP contribution in [0.4, 0.5) is 5.82 Å². The van der Waals surface area contributed by atoms with Gasteiger partial charge in [-0.05, 0) is 38.7 Å². The molecule has 0 aromatic carbocycles. The largest absolute Gasteiger partial charge is 0.477 e. The number of oxime groups is 1. The van der Waals surface area contributed by atoms with E-state index in [4.69, 9.17) is 9.57 Å². The highest BCUT2D eigenvalue weighted by molar-refractivity contribution is 8.06. The molecule has 2 aliphatic rings. The van der Waals surface area contributed by atoms with Crippen molar-refractivity contribution >= 4 is 65.2 Å². The van der Waals surface area contributed by atoms with Crippen LogP contribution in [0.25, 0.3) is 0 Å². The number of aromatic nitrogens is 1. The van der Waals surface area contributed by atoms with Crippen molar-refractivity contribution < 1.29 is 38.7 Å². The first kappa shape index (κ1) is 29.0. The molecular weight excluding hydrogens is 538 g/mol. The number of aliphatic carboxylic acids is 1. The molecule has 0 saturated carbocycles. The van der Waals surface area contributed by atoms with Crippen LogP contribution in [-0.2, 0) is 33.5 Å². The van der Waals surface area contributed by atoms with Crippen molar-refractivity contribution in [3.63, 3.8) is 0 Å². The molecule has 1 saturated heterocycles. The summed E-state index contributed by atoms with van der Waals surface area (Å²) >= 11 is 2.68. The van der Waals surface area contributed by atoms with Crippen molar-refractivity contribution in [3.8, 4) is 0 Å². The Kier molecular flexibility index (Phi) is 9.38. The molecule has 38 heavy (non-hydrogen) atoms. The summed E-state index contributed by atoms with van der Waals surface area (Å²) in [6.07, 6.45) is 0.405. The summed E-state index contributed by atoms with van der Waals surface area (Å²) in [4.78, 5) is 71.8. The van der Waals surface area contributed by atoms with Crippen molar-refractivity contribution in [2.75, 3.05) is 23.4 Å². The van der Waals surface area contributed by atoms with Crippen LogP contribution < -0.4 is 10.6 Å². The summed E-state index contributed by atoms with van der Waals surface area (Å²) in [5, 5.41) is 17.8. The molecule has 0 aliphatic carbocycles. The average molecular weight is 566 g/mol. The lowest BCUT2D eigenvalue weighted by molar-refractivity contribution is -0.160. The number of anilines is 1. The fourth-order valence-electron chi connectivity index (χ4n) is 3.52. The number of thioether (sulfide) groups is 2. The highest BCUT2D eigenvalue weighted by Gasteiger charge is 2.54. The third kappa shape index (κ3) is 6.83. The van der Waals surface area contributed by atoms with Crippen molar-refractivity contribution in [1.82, 2.24) is 15.2 Å². The van der Waals surface area contributed by atoms with Gasteiger partial charge in [0.15, 0.2) is 5.71 Å². The number of ether oxygens (including phenoxy) is 1. The van der Waals surface area contributed by atoms with Gasteiger partial charge in [-0.25, -0.2) is 14.6 Å². The molecule has 3 heterocycles. The summed E-state index contributed by atoms with van der Waals surface area (Å²) in [5.74, 6) is -2.22. The number of β-lactam (4-membered cyclic amide) rings is 1. The number of hydrogen-bond donors (Lipinski definition) is 3. The summed E-state index contributed by atoms with van der Waals surface area (Å²) in [7, 11) is 0. The molecule has 13 nitrogen and oxygen atoms in total.